The molecule has 1 aliphatic heterocycles. The second kappa shape index (κ2) is 8.36. The van der Waals surface area contributed by atoms with Crippen molar-refractivity contribution in [2.45, 2.75) is 17.5 Å². The van der Waals surface area contributed by atoms with Crippen LogP contribution in [0.15, 0.2) is 59.6 Å². The van der Waals surface area contributed by atoms with Crippen molar-refractivity contribution in [1.29, 1.82) is 0 Å². The summed E-state index contributed by atoms with van der Waals surface area (Å²) in [5.74, 6) is 0.192. The Morgan fingerprint density at radius 3 is 2.61 bits per heavy atom. The standard InChI is InChI=1S/C20H21N5O5S/c1-29-19-8-7-17(9-18(19)20(21)26)31(27,28)24-11-15(12-24)25-10-14(22-23-25)13-30-16-5-3-2-4-6-16/h2-10,15H,11-13H2,1H3,(H2,21,26). The normalized spacial score (nSPS) is 14.7. The zero-order valence-electron chi connectivity index (χ0n) is 16.7. The molecule has 3 aromatic rings. The van der Waals surface area contributed by atoms with Crippen LogP contribution in [-0.2, 0) is 16.6 Å². The highest BCUT2D eigenvalue weighted by Gasteiger charge is 2.38. The molecule has 1 aromatic heterocycles. The zero-order chi connectivity index (χ0) is 22.0. The van der Waals surface area contributed by atoms with Crippen molar-refractivity contribution in [1.82, 2.24) is 19.3 Å². The zero-order valence-corrected chi connectivity index (χ0v) is 17.5. The second-order valence-electron chi connectivity index (χ2n) is 6.99. The first-order valence-electron chi connectivity index (χ1n) is 9.45. The van der Waals surface area contributed by atoms with E-state index in [1.54, 1.807) is 10.9 Å². The van der Waals surface area contributed by atoms with Gasteiger partial charge in [0.2, 0.25) is 10.0 Å². The molecular formula is C20H21N5O5S. The van der Waals surface area contributed by atoms with Crippen molar-refractivity contribution in [3.63, 3.8) is 0 Å². The number of nitrogens with zero attached hydrogens (tertiary/aromatic N) is 4. The average Bonchev–Trinajstić information content (AvgIpc) is 3.19. The molecule has 0 bridgehead atoms. The van der Waals surface area contributed by atoms with Gasteiger partial charge in [0.15, 0.2) is 0 Å². The number of primary amides is 1. The number of hydrogen-bond donors (Lipinski definition) is 1. The maximum Gasteiger partial charge on any atom is 0.252 e. The lowest BCUT2D eigenvalue weighted by atomic mass is 10.2. The second-order valence-corrected chi connectivity index (χ2v) is 8.93. The van der Waals surface area contributed by atoms with Crippen LogP contribution >= 0.6 is 0 Å². The van der Waals surface area contributed by atoms with E-state index in [9.17, 15) is 13.2 Å². The number of benzene rings is 2. The fraction of sp³-hybridized carbons (Fsp3) is 0.250. The molecule has 11 heteroatoms. The van der Waals surface area contributed by atoms with E-state index in [0.717, 1.165) is 5.75 Å². The van der Waals surface area contributed by atoms with Gasteiger partial charge < -0.3 is 15.2 Å². The van der Waals surface area contributed by atoms with Crippen molar-refractivity contribution in [2.24, 2.45) is 5.73 Å². The molecule has 2 N–H and O–H groups in total. The molecular weight excluding hydrogens is 422 g/mol. The van der Waals surface area contributed by atoms with Crippen molar-refractivity contribution in [3.05, 3.63) is 66.0 Å². The average molecular weight is 443 g/mol. The van der Waals surface area contributed by atoms with E-state index in [4.69, 9.17) is 15.2 Å². The third-order valence-electron chi connectivity index (χ3n) is 4.96. The van der Waals surface area contributed by atoms with Crippen LogP contribution in [0.25, 0.3) is 0 Å². The number of para-hydroxylation sites is 1. The minimum atomic E-state index is -3.78. The number of methoxy groups -OCH3 is 1. The molecule has 1 aliphatic rings. The minimum absolute atomic E-state index is 0.0139. The van der Waals surface area contributed by atoms with Gasteiger partial charge in [-0.15, -0.1) is 5.10 Å². The molecule has 0 saturated carbocycles. The predicted molar refractivity (Wildman–Crippen MR) is 110 cm³/mol. The van der Waals surface area contributed by atoms with Crippen LogP contribution in [0.5, 0.6) is 11.5 Å². The van der Waals surface area contributed by atoms with Crippen molar-refractivity contribution >= 4 is 15.9 Å². The van der Waals surface area contributed by atoms with Crippen molar-refractivity contribution in [2.75, 3.05) is 20.2 Å². The van der Waals surface area contributed by atoms with Crippen LogP contribution in [0.2, 0.25) is 0 Å². The van der Waals surface area contributed by atoms with E-state index in [0.29, 0.717) is 5.69 Å². The van der Waals surface area contributed by atoms with Crippen LogP contribution in [0.1, 0.15) is 22.1 Å². The van der Waals surface area contributed by atoms with Gasteiger partial charge in [-0.25, -0.2) is 13.1 Å². The number of nitrogens with two attached hydrogens (primary N) is 1. The number of hydrogen-bond acceptors (Lipinski definition) is 7. The van der Waals surface area contributed by atoms with Crippen LogP contribution in [0, 0.1) is 0 Å². The quantitative estimate of drug-likeness (QED) is 0.554. The molecule has 162 valence electrons. The summed E-state index contributed by atoms with van der Waals surface area (Å²) in [6, 6.07) is 13.3. The molecule has 2 heterocycles. The number of rotatable bonds is 8. The minimum Gasteiger partial charge on any atom is -0.496 e. The Kier molecular flexibility index (Phi) is 5.61. The Hall–Kier alpha value is -3.44. The largest absolute Gasteiger partial charge is 0.496 e. The Labute approximate surface area is 179 Å². The number of sulfonamides is 1. The van der Waals surface area contributed by atoms with Gasteiger partial charge in [0, 0.05) is 13.1 Å². The highest BCUT2D eigenvalue weighted by Crippen LogP contribution is 2.30. The van der Waals surface area contributed by atoms with E-state index in [-0.39, 0.29) is 41.9 Å². The molecule has 1 fully saturated rings. The summed E-state index contributed by atoms with van der Waals surface area (Å²) in [6.07, 6.45) is 1.75. The monoisotopic (exact) mass is 443 g/mol. The molecule has 0 spiro atoms. The molecule has 0 aliphatic carbocycles. The van der Waals surface area contributed by atoms with Crippen LogP contribution in [-0.4, -0.2) is 53.8 Å². The summed E-state index contributed by atoms with van der Waals surface area (Å²) in [4.78, 5) is 11.6. The molecule has 1 saturated heterocycles. The highest BCUT2D eigenvalue weighted by molar-refractivity contribution is 7.89. The van der Waals surface area contributed by atoms with Gasteiger partial charge in [-0.05, 0) is 30.3 Å². The van der Waals surface area contributed by atoms with Crippen molar-refractivity contribution in [3.8, 4) is 11.5 Å². The summed E-state index contributed by atoms with van der Waals surface area (Å²) in [7, 11) is -2.40. The van der Waals surface area contributed by atoms with Gasteiger partial charge in [0.1, 0.15) is 23.8 Å². The fourth-order valence-corrected chi connectivity index (χ4v) is 4.74. The summed E-state index contributed by atoms with van der Waals surface area (Å²) in [5.41, 5.74) is 5.99. The van der Waals surface area contributed by atoms with E-state index in [1.165, 1.54) is 29.6 Å². The summed E-state index contributed by atoms with van der Waals surface area (Å²) >= 11 is 0. The van der Waals surface area contributed by atoms with E-state index >= 15 is 0 Å². The first-order chi connectivity index (χ1) is 14.9. The lowest BCUT2D eigenvalue weighted by Crippen LogP contribution is -2.50. The molecule has 4 rings (SSSR count). The van der Waals surface area contributed by atoms with Gasteiger partial charge >= 0.3 is 0 Å². The molecule has 10 nitrogen and oxygen atoms in total. The molecule has 1 amide bonds. The lowest BCUT2D eigenvalue weighted by molar-refractivity contribution is 0.0997. The highest BCUT2D eigenvalue weighted by atomic mass is 32.2. The van der Waals surface area contributed by atoms with Crippen LogP contribution in [0.3, 0.4) is 0 Å². The van der Waals surface area contributed by atoms with Gasteiger partial charge in [-0.1, -0.05) is 23.4 Å². The van der Waals surface area contributed by atoms with Crippen LogP contribution in [0.4, 0.5) is 0 Å². The Morgan fingerprint density at radius 2 is 1.94 bits per heavy atom. The SMILES string of the molecule is COc1ccc(S(=O)(=O)N2CC(n3cc(COc4ccccc4)nn3)C2)cc1C(N)=O. The van der Waals surface area contributed by atoms with Gasteiger partial charge in [-0.3, -0.25) is 4.79 Å². The third-order valence-corrected chi connectivity index (χ3v) is 6.79. The first-order valence-corrected chi connectivity index (χ1v) is 10.9. The number of carbonyl (C=O) groups is 1. The lowest BCUT2D eigenvalue weighted by Gasteiger charge is -2.37. The number of ether oxygens (including phenoxy) is 2. The maximum atomic E-state index is 12.9. The first kappa shape index (κ1) is 20.8. The van der Waals surface area contributed by atoms with Crippen LogP contribution < -0.4 is 15.2 Å². The number of amides is 1. The van der Waals surface area contributed by atoms with E-state index in [1.807, 2.05) is 30.3 Å². The number of aromatic nitrogens is 3. The Balaban J connectivity index is 1.40. The van der Waals surface area contributed by atoms with Gasteiger partial charge in [-0.2, -0.15) is 4.31 Å². The molecule has 0 atom stereocenters. The molecule has 2 aromatic carbocycles. The van der Waals surface area contributed by atoms with Crippen molar-refractivity contribution < 1.29 is 22.7 Å². The predicted octanol–water partition coefficient (Wildman–Crippen LogP) is 1.21. The molecule has 31 heavy (non-hydrogen) atoms. The molecule has 0 unspecified atom stereocenters. The third kappa shape index (κ3) is 4.23. The fourth-order valence-electron chi connectivity index (χ4n) is 3.20. The van der Waals surface area contributed by atoms with E-state index < -0.39 is 15.9 Å². The number of carbonyl (C=O) groups excluding carboxylic acids is 1. The molecule has 0 radical (unpaired) electrons. The Bertz CT molecular complexity index is 1190. The summed E-state index contributed by atoms with van der Waals surface area (Å²) < 4.78 is 39.5. The summed E-state index contributed by atoms with van der Waals surface area (Å²) in [6.45, 7) is 0.742. The van der Waals surface area contributed by atoms with Gasteiger partial charge in [0.05, 0.1) is 29.8 Å². The smallest absolute Gasteiger partial charge is 0.252 e. The maximum absolute atomic E-state index is 12.9. The Morgan fingerprint density at radius 1 is 1.19 bits per heavy atom. The summed E-state index contributed by atoms with van der Waals surface area (Å²) in [5, 5.41) is 8.17. The topological polar surface area (TPSA) is 130 Å². The van der Waals surface area contributed by atoms with E-state index in [2.05, 4.69) is 10.3 Å². The van der Waals surface area contributed by atoms with Gasteiger partial charge in [0.25, 0.3) is 5.91 Å².